The normalized spacial score (nSPS) is 10.6. The molecule has 9 heavy (non-hydrogen) atoms. The van der Waals surface area contributed by atoms with Crippen molar-refractivity contribution in [3.05, 3.63) is 5.01 Å². The molecule has 2 radical (unpaired) electrons. The van der Waals surface area contributed by atoms with Crippen molar-refractivity contribution in [3.63, 3.8) is 0 Å². The second kappa shape index (κ2) is 2.48. The molecule has 0 amide bonds. The van der Waals surface area contributed by atoms with Crippen LogP contribution < -0.4 is 4.91 Å². The number of nitrogens with zero attached hydrogens (tertiary/aromatic N) is 2. The van der Waals surface area contributed by atoms with E-state index in [2.05, 4.69) is 24.0 Å². The minimum Gasteiger partial charge on any atom is -0.156 e. The van der Waals surface area contributed by atoms with Gasteiger partial charge in [0.25, 0.3) is 0 Å². The van der Waals surface area contributed by atoms with E-state index in [-0.39, 0.29) is 0 Å². The molecule has 2 nitrogen and oxygen atoms in total. The van der Waals surface area contributed by atoms with E-state index in [0.717, 1.165) is 5.01 Å². The van der Waals surface area contributed by atoms with Gasteiger partial charge < -0.3 is 0 Å². The Hall–Kier alpha value is -0.375. The fourth-order valence-electron chi connectivity index (χ4n) is 0.480. The van der Waals surface area contributed by atoms with E-state index in [1.807, 2.05) is 0 Å². The summed E-state index contributed by atoms with van der Waals surface area (Å²) in [6.45, 7) is 4.14. The van der Waals surface area contributed by atoms with Crippen LogP contribution in [0.2, 0.25) is 0 Å². The van der Waals surface area contributed by atoms with Crippen LogP contribution in [0.25, 0.3) is 0 Å². The first-order chi connectivity index (χ1) is 4.20. The topological polar surface area (TPSA) is 25.8 Å². The second-order valence-electron chi connectivity index (χ2n) is 2.13. The summed E-state index contributed by atoms with van der Waals surface area (Å²) in [4.78, 5) is 0.554. The van der Waals surface area contributed by atoms with E-state index >= 15 is 0 Å². The molecule has 0 aromatic carbocycles. The lowest BCUT2D eigenvalue weighted by Crippen LogP contribution is -1.97. The Kier molecular flexibility index (Phi) is 1.85. The highest BCUT2D eigenvalue weighted by Crippen LogP contribution is 2.12. The van der Waals surface area contributed by atoms with E-state index in [1.54, 1.807) is 0 Å². The fourth-order valence-corrected chi connectivity index (χ4v) is 1.09. The molecule has 1 aromatic rings. The average molecular weight is 138 g/mol. The van der Waals surface area contributed by atoms with Crippen LogP contribution in [0.15, 0.2) is 0 Å². The quantitative estimate of drug-likeness (QED) is 0.526. The Labute approximate surface area is 59.7 Å². The molecule has 0 saturated carbocycles. The third-order valence-electron chi connectivity index (χ3n) is 0.950. The van der Waals surface area contributed by atoms with Crippen LogP contribution in [0, 0.1) is 0 Å². The van der Waals surface area contributed by atoms with Gasteiger partial charge >= 0.3 is 0 Å². The minimum atomic E-state index is 0.444. The van der Waals surface area contributed by atoms with Crippen molar-refractivity contribution < 1.29 is 0 Å². The highest BCUT2D eigenvalue weighted by Gasteiger charge is 2.02. The molecule has 0 unspecified atom stereocenters. The molecular formula is C5H7BN2S. The van der Waals surface area contributed by atoms with Gasteiger partial charge in [0.2, 0.25) is 0 Å². The van der Waals surface area contributed by atoms with Crippen LogP contribution in [0.5, 0.6) is 0 Å². The molecule has 0 N–H and O–H groups in total. The summed E-state index contributed by atoms with van der Waals surface area (Å²) in [6, 6.07) is 0. The van der Waals surface area contributed by atoms with Crippen molar-refractivity contribution in [3.8, 4) is 0 Å². The average Bonchev–Trinajstić information content (AvgIpc) is 2.14. The summed E-state index contributed by atoms with van der Waals surface area (Å²) in [5.41, 5.74) is 0. The molecule has 0 bridgehead atoms. The Morgan fingerprint density at radius 2 is 2.11 bits per heavy atom. The third kappa shape index (κ3) is 1.51. The van der Waals surface area contributed by atoms with E-state index in [1.165, 1.54) is 11.3 Å². The standard InChI is InChI=1S/C5H7BN2S/c1-3(2)4-7-8-5(6)9-4/h3H,1-2H3. The summed E-state index contributed by atoms with van der Waals surface area (Å²) >= 11 is 1.45. The molecule has 4 heteroatoms. The van der Waals surface area contributed by atoms with E-state index < -0.39 is 0 Å². The van der Waals surface area contributed by atoms with E-state index in [4.69, 9.17) is 7.85 Å². The van der Waals surface area contributed by atoms with Gasteiger partial charge in [0.15, 0.2) is 7.85 Å². The predicted octanol–water partition coefficient (Wildman–Crippen LogP) is 0.455. The maximum absolute atomic E-state index is 5.36. The predicted molar refractivity (Wildman–Crippen MR) is 39.4 cm³/mol. The zero-order valence-corrected chi connectivity index (χ0v) is 6.27. The van der Waals surface area contributed by atoms with Crippen molar-refractivity contribution in [2.24, 2.45) is 0 Å². The smallest absolute Gasteiger partial charge is 0.156 e. The largest absolute Gasteiger partial charge is 0.159 e. The van der Waals surface area contributed by atoms with Crippen LogP contribution in [0.3, 0.4) is 0 Å². The number of hydrogen-bond acceptors (Lipinski definition) is 3. The fraction of sp³-hybridized carbons (Fsp3) is 0.600. The van der Waals surface area contributed by atoms with Gasteiger partial charge in [-0.3, -0.25) is 0 Å². The lowest BCUT2D eigenvalue weighted by molar-refractivity contribution is 0.826. The van der Waals surface area contributed by atoms with Crippen LogP contribution in [0.4, 0.5) is 0 Å². The number of aromatic nitrogens is 2. The summed E-state index contributed by atoms with van der Waals surface area (Å²) in [6.07, 6.45) is 0. The Morgan fingerprint density at radius 1 is 1.44 bits per heavy atom. The molecule has 0 aliphatic rings. The van der Waals surface area contributed by atoms with Crippen LogP contribution in [-0.4, -0.2) is 18.0 Å². The monoisotopic (exact) mass is 138 g/mol. The van der Waals surface area contributed by atoms with Crippen LogP contribution >= 0.6 is 11.3 Å². The molecule has 0 aliphatic carbocycles. The Bertz CT molecular complexity index is 197. The van der Waals surface area contributed by atoms with Gasteiger partial charge in [-0.05, 0) is 0 Å². The van der Waals surface area contributed by atoms with Gasteiger partial charge in [-0.25, -0.2) is 0 Å². The number of hydrogen-bond donors (Lipinski definition) is 0. The summed E-state index contributed by atoms with van der Waals surface area (Å²) in [7, 11) is 5.36. The molecule has 1 aromatic heterocycles. The Morgan fingerprint density at radius 3 is 2.33 bits per heavy atom. The first kappa shape index (κ1) is 6.74. The molecule has 0 spiro atoms. The lowest BCUT2D eigenvalue weighted by Gasteiger charge is -1.92. The van der Waals surface area contributed by atoms with E-state index in [9.17, 15) is 0 Å². The molecular weight excluding hydrogens is 131 g/mol. The molecule has 0 saturated heterocycles. The molecule has 0 aliphatic heterocycles. The van der Waals surface area contributed by atoms with Gasteiger partial charge in [-0.1, -0.05) is 13.8 Å². The molecule has 1 heterocycles. The molecule has 1 rings (SSSR count). The van der Waals surface area contributed by atoms with Gasteiger partial charge in [0.05, 0.1) is 4.91 Å². The van der Waals surface area contributed by atoms with Crippen molar-refractivity contribution in [1.29, 1.82) is 0 Å². The zero-order valence-electron chi connectivity index (χ0n) is 5.46. The minimum absolute atomic E-state index is 0.444. The van der Waals surface area contributed by atoms with Crippen molar-refractivity contribution in [2.75, 3.05) is 0 Å². The molecule has 0 fully saturated rings. The van der Waals surface area contributed by atoms with Crippen molar-refractivity contribution in [2.45, 2.75) is 19.8 Å². The first-order valence-electron chi connectivity index (χ1n) is 2.79. The maximum atomic E-state index is 5.36. The first-order valence-corrected chi connectivity index (χ1v) is 3.60. The van der Waals surface area contributed by atoms with Gasteiger partial charge in [0.1, 0.15) is 5.01 Å². The Balaban J connectivity index is 2.85. The van der Waals surface area contributed by atoms with Crippen LogP contribution in [0.1, 0.15) is 24.8 Å². The number of rotatable bonds is 1. The summed E-state index contributed by atoms with van der Waals surface area (Å²) in [5, 5.41) is 8.55. The molecule has 0 atom stereocenters. The van der Waals surface area contributed by atoms with Gasteiger partial charge in [-0.2, -0.15) is 5.10 Å². The highest BCUT2D eigenvalue weighted by molar-refractivity contribution is 7.19. The third-order valence-corrected chi connectivity index (χ3v) is 2.00. The highest BCUT2D eigenvalue weighted by atomic mass is 32.1. The summed E-state index contributed by atoms with van der Waals surface area (Å²) < 4.78 is 0. The SMILES string of the molecule is [B]c1nnc(C(C)C)s1. The van der Waals surface area contributed by atoms with E-state index in [0.29, 0.717) is 10.8 Å². The zero-order chi connectivity index (χ0) is 6.85. The summed E-state index contributed by atoms with van der Waals surface area (Å²) in [5.74, 6) is 0.444. The van der Waals surface area contributed by atoms with Crippen molar-refractivity contribution >= 4 is 24.1 Å². The second-order valence-corrected chi connectivity index (χ2v) is 3.17. The van der Waals surface area contributed by atoms with Crippen molar-refractivity contribution in [1.82, 2.24) is 10.2 Å². The van der Waals surface area contributed by atoms with Crippen LogP contribution in [-0.2, 0) is 0 Å². The lowest BCUT2D eigenvalue weighted by atomic mass is 10.2. The van der Waals surface area contributed by atoms with Gasteiger partial charge in [0, 0.05) is 5.92 Å². The van der Waals surface area contributed by atoms with Gasteiger partial charge in [-0.15, -0.1) is 16.4 Å². The molecule has 46 valence electrons. The maximum Gasteiger partial charge on any atom is 0.159 e.